The van der Waals surface area contributed by atoms with Crippen LogP contribution in [0.4, 0.5) is 0 Å². The molecule has 3 fully saturated rings. The summed E-state index contributed by atoms with van der Waals surface area (Å²) in [5, 5.41) is 11.0. The summed E-state index contributed by atoms with van der Waals surface area (Å²) in [5.41, 5.74) is 0.543. The van der Waals surface area contributed by atoms with E-state index in [9.17, 15) is 26.5 Å². The first-order valence-electron chi connectivity index (χ1n) is 13.9. The predicted octanol–water partition coefficient (Wildman–Crippen LogP) is 4.76. The predicted molar refractivity (Wildman–Crippen MR) is 143 cm³/mol. The highest BCUT2D eigenvalue weighted by atomic mass is 32.3. The maximum absolute atomic E-state index is 11.4. The fourth-order valence-electron chi connectivity index (χ4n) is 8.70. The Bertz CT molecular complexity index is 1150. The molecule has 0 spiro atoms. The molecule has 0 aliphatic heterocycles. The largest absolute Gasteiger partial charge is 0.397 e. The third-order valence-corrected chi connectivity index (χ3v) is 11.3. The van der Waals surface area contributed by atoms with E-state index in [0.29, 0.717) is 36.5 Å². The van der Waals surface area contributed by atoms with Crippen LogP contribution in [0.1, 0.15) is 79.1 Å². The van der Waals surface area contributed by atoms with Gasteiger partial charge in [-0.25, -0.2) is 8.37 Å². The van der Waals surface area contributed by atoms with Crippen LogP contribution in [-0.2, 0) is 29.2 Å². The molecule has 3 N–H and O–H groups in total. The number of hydrogen-bond acceptors (Lipinski definition) is 7. The van der Waals surface area contributed by atoms with Crippen molar-refractivity contribution >= 4 is 20.8 Å². The molecule has 9 unspecified atom stereocenters. The van der Waals surface area contributed by atoms with Gasteiger partial charge in [0.25, 0.3) is 0 Å². The maximum atomic E-state index is 11.4. The van der Waals surface area contributed by atoms with Gasteiger partial charge in [-0.3, -0.25) is 9.11 Å². The highest BCUT2D eigenvalue weighted by Crippen LogP contribution is 2.67. The fourth-order valence-corrected chi connectivity index (χ4v) is 9.55. The molecule has 38 heavy (non-hydrogen) atoms. The topological polar surface area (TPSA) is 147 Å². The van der Waals surface area contributed by atoms with E-state index < -0.39 is 33.0 Å². The first kappa shape index (κ1) is 30.1. The summed E-state index contributed by atoms with van der Waals surface area (Å²) in [4.78, 5) is 0. The maximum Gasteiger partial charge on any atom is 0.397 e. The molecule has 4 rings (SSSR count). The Morgan fingerprint density at radius 1 is 1.03 bits per heavy atom. The van der Waals surface area contributed by atoms with Crippen molar-refractivity contribution in [3.8, 4) is 0 Å². The Balaban J connectivity index is 1.57. The van der Waals surface area contributed by atoms with Crippen LogP contribution in [0.5, 0.6) is 0 Å². The molecule has 0 aromatic rings. The molecule has 9 atom stereocenters. The van der Waals surface area contributed by atoms with E-state index in [1.165, 1.54) is 0 Å². The Hall–Kier alpha value is -0.820. The van der Waals surface area contributed by atoms with Crippen LogP contribution in [0.25, 0.3) is 0 Å². The lowest BCUT2D eigenvalue weighted by Crippen LogP contribution is -2.54. The molecule has 11 heteroatoms. The molecular weight excluding hydrogens is 532 g/mol. The number of allylic oxidation sites excluding steroid dienone is 2. The average molecular weight is 577 g/mol. The van der Waals surface area contributed by atoms with Crippen molar-refractivity contribution in [3.63, 3.8) is 0 Å². The van der Waals surface area contributed by atoms with E-state index in [1.54, 1.807) is 0 Å². The third-order valence-electron chi connectivity index (χ3n) is 10.4. The minimum Gasteiger partial charge on any atom is -0.386 e. The normalized spacial score (nSPS) is 40.5. The van der Waals surface area contributed by atoms with E-state index in [2.05, 4.69) is 45.9 Å². The lowest BCUT2D eigenvalue weighted by molar-refractivity contribution is -0.0761. The quantitative estimate of drug-likeness (QED) is 0.261. The second-order valence-corrected chi connectivity index (χ2v) is 15.0. The standard InChI is InChI=1S/C27H44O9S2/c1-17(2)6-5-7-18(16-35-37(29,30)31)20-10-11-21-19-8-9-23-25(28)24(36-38(32,33)34)13-15-27(23,4)22(19)12-14-26(20,21)3/h5,7,9,17-22,24-25,28H,6,8,10-16H2,1-4H3,(H,29,30,31)(H,32,33,34). The molecule has 4 aliphatic carbocycles. The summed E-state index contributed by atoms with van der Waals surface area (Å²) < 4.78 is 73.5. The van der Waals surface area contributed by atoms with Gasteiger partial charge in [-0.05, 0) is 97.4 Å². The Morgan fingerprint density at radius 2 is 1.74 bits per heavy atom. The van der Waals surface area contributed by atoms with Crippen molar-refractivity contribution in [2.75, 3.05) is 6.61 Å². The molecule has 9 nitrogen and oxygen atoms in total. The average Bonchev–Trinajstić information content (AvgIpc) is 3.14. The van der Waals surface area contributed by atoms with Crippen LogP contribution in [0, 0.1) is 46.3 Å². The van der Waals surface area contributed by atoms with Gasteiger partial charge in [-0.15, -0.1) is 0 Å². The summed E-state index contributed by atoms with van der Waals surface area (Å²) in [5.74, 6) is 1.75. The van der Waals surface area contributed by atoms with Gasteiger partial charge < -0.3 is 5.11 Å². The van der Waals surface area contributed by atoms with Crippen molar-refractivity contribution in [1.29, 1.82) is 0 Å². The summed E-state index contributed by atoms with van der Waals surface area (Å²) in [6, 6.07) is 0. The van der Waals surface area contributed by atoms with Gasteiger partial charge in [0.2, 0.25) is 0 Å². The van der Waals surface area contributed by atoms with Crippen LogP contribution < -0.4 is 0 Å². The van der Waals surface area contributed by atoms with Crippen molar-refractivity contribution in [2.24, 2.45) is 46.3 Å². The minimum atomic E-state index is -4.65. The summed E-state index contributed by atoms with van der Waals surface area (Å²) in [6.45, 7) is 8.70. The number of rotatable bonds is 9. The van der Waals surface area contributed by atoms with Gasteiger partial charge in [-0.2, -0.15) is 16.8 Å². The molecule has 3 saturated carbocycles. The Labute approximate surface area is 228 Å². The summed E-state index contributed by atoms with van der Waals surface area (Å²) >= 11 is 0. The second-order valence-electron chi connectivity index (χ2n) is 12.9. The van der Waals surface area contributed by atoms with Gasteiger partial charge in [-0.1, -0.05) is 45.9 Å². The lowest BCUT2D eigenvalue weighted by Gasteiger charge is -2.59. The van der Waals surface area contributed by atoms with Gasteiger partial charge in [0.1, 0.15) is 12.2 Å². The number of hydrogen-bond donors (Lipinski definition) is 3. The van der Waals surface area contributed by atoms with E-state index in [1.807, 2.05) is 0 Å². The molecule has 4 aliphatic rings. The Kier molecular flexibility index (Phi) is 8.62. The summed E-state index contributed by atoms with van der Waals surface area (Å²) in [7, 11) is -9.18. The van der Waals surface area contributed by atoms with E-state index in [-0.39, 0.29) is 29.3 Å². The van der Waals surface area contributed by atoms with Crippen LogP contribution in [0.2, 0.25) is 0 Å². The highest BCUT2D eigenvalue weighted by Gasteiger charge is 2.60. The van der Waals surface area contributed by atoms with E-state index in [0.717, 1.165) is 44.1 Å². The SMILES string of the molecule is CC(C)CC=CC(COS(=O)(=O)O)C1CCC2C3CC=C4C(O)C(OS(=O)(=O)O)CCC4(C)C3CCC12C. The minimum absolute atomic E-state index is 0.0117. The molecule has 0 radical (unpaired) electrons. The molecule has 218 valence electrons. The van der Waals surface area contributed by atoms with E-state index in [4.69, 9.17) is 12.9 Å². The summed E-state index contributed by atoms with van der Waals surface area (Å²) in [6.07, 6.45) is 10.8. The van der Waals surface area contributed by atoms with Crippen LogP contribution in [-0.4, -0.2) is 49.9 Å². The van der Waals surface area contributed by atoms with E-state index >= 15 is 0 Å². The van der Waals surface area contributed by atoms with Crippen molar-refractivity contribution in [1.82, 2.24) is 0 Å². The Morgan fingerprint density at radius 3 is 2.37 bits per heavy atom. The molecule has 0 heterocycles. The zero-order valence-electron chi connectivity index (χ0n) is 22.8. The smallest absolute Gasteiger partial charge is 0.386 e. The van der Waals surface area contributed by atoms with Gasteiger partial charge in [0.05, 0.1) is 6.61 Å². The van der Waals surface area contributed by atoms with Gasteiger partial charge in [0, 0.05) is 5.92 Å². The lowest BCUT2D eigenvalue weighted by atomic mass is 9.46. The van der Waals surface area contributed by atoms with Gasteiger partial charge >= 0.3 is 20.8 Å². The monoisotopic (exact) mass is 576 g/mol. The van der Waals surface area contributed by atoms with Gasteiger partial charge in [0.15, 0.2) is 0 Å². The first-order valence-corrected chi connectivity index (χ1v) is 16.6. The molecule has 0 aromatic heterocycles. The molecular formula is C27H44O9S2. The fraction of sp³-hybridized carbons (Fsp3) is 0.852. The zero-order chi connectivity index (χ0) is 28.1. The number of aliphatic hydroxyl groups is 1. The number of aliphatic hydroxyl groups excluding tert-OH is 1. The number of fused-ring (bicyclic) bond motifs is 5. The molecule has 0 bridgehead atoms. The molecule has 0 saturated heterocycles. The van der Waals surface area contributed by atoms with Crippen molar-refractivity contribution < 1.29 is 39.4 Å². The molecule has 0 aromatic carbocycles. The van der Waals surface area contributed by atoms with Crippen molar-refractivity contribution in [3.05, 3.63) is 23.8 Å². The third kappa shape index (κ3) is 6.09. The zero-order valence-corrected chi connectivity index (χ0v) is 24.5. The van der Waals surface area contributed by atoms with Crippen LogP contribution in [0.15, 0.2) is 23.8 Å². The second kappa shape index (κ2) is 10.9. The van der Waals surface area contributed by atoms with Crippen LogP contribution >= 0.6 is 0 Å². The van der Waals surface area contributed by atoms with Crippen molar-refractivity contribution in [2.45, 2.75) is 91.3 Å². The highest BCUT2D eigenvalue weighted by molar-refractivity contribution is 7.81. The molecule has 0 amide bonds. The first-order chi connectivity index (χ1) is 17.6. The van der Waals surface area contributed by atoms with Crippen LogP contribution in [0.3, 0.4) is 0 Å².